The molecule has 0 unspecified atom stereocenters. The summed E-state index contributed by atoms with van der Waals surface area (Å²) in [5.74, 6) is 0.287. The van der Waals surface area contributed by atoms with Gasteiger partial charge in [0.2, 0.25) is 0 Å². The minimum absolute atomic E-state index is 0.106. The second kappa shape index (κ2) is 8.14. The zero-order chi connectivity index (χ0) is 15.8. The van der Waals surface area contributed by atoms with E-state index in [2.05, 4.69) is 33.1 Å². The Morgan fingerprint density at radius 1 is 1.23 bits per heavy atom. The number of nitrogens with one attached hydrogen (secondary N) is 1. The van der Waals surface area contributed by atoms with Crippen molar-refractivity contribution in [2.75, 3.05) is 6.61 Å². The largest absolute Gasteiger partial charge is 0.484 e. The number of hydrazone groups is 1. The van der Waals surface area contributed by atoms with Gasteiger partial charge >= 0.3 is 0 Å². The molecule has 0 spiro atoms. The maximum absolute atomic E-state index is 11.6. The molecule has 5 nitrogen and oxygen atoms in total. The number of carbonyl (C=O) groups excluding carboxylic acids is 1. The summed E-state index contributed by atoms with van der Waals surface area (Å²) in [5.41, 5.74) is 3.75. The van der Waals surface area contributed by atoms with Crippen molar-refractivity contribution in [1.29, 1.82) is 5.26 Å². The molecule has 2 aromatic carbocycles. The van der Waals surface area contributed by atoms with Crippen LogP contribution < -0.4 is 10.2 Å². The molecule has 0 aliphatic carbocycles. The normalized spacial score (nSPS) is 10.2. The molecule has 1 amide bonds. The van der Waals surface area contributed by atoms with Gasteiger partial charge in [0.05, 0.1) is 17.8 Å². The van der Waals surface area contributed by atoms with Gasteiger partial charge in [0.25, 0.3) is 5.91 Å². The third-order valence-corrected chi connectivity index (χ3v) is 3.35. The monoisotopic (exact) mass is 405 g/mol. The van der Waals surface area contributed by atoms with E-state index in [0.717, 1.165) is 9.13 Å². The van der Waals surface area contributed by atoms with Gasteiger partial charge < -0.3 is 4.74 Å². The first kappa shape index (κ1) is 16.0. The van der Waals surface area contributed by atoms with E-state index >= 15 is 0 Å². The van der Waals surface area contributed by atoms with E-state index in [1.807, 2.05) is 18.2 Å². The molecular weight excluding hydrogens is 393 g/mol. The molecule has 0 fully saturated rings. The van der Waals surface area contributed by atoms with Crippen molar-refractivity contribution in [1.82, 2.24) is 5.43 Å². The van der Waals surface area contributed by atoms with Gasteiger partial charge in [-0.25, -0.2) is 5.43 Å². The van der Waals surface area contributed by atoms with E-state index < -0.39 is 0 Å². The number of carbonyl (C=O) groups is 1. The van der Waals surface area contributed by atoms with Crippen molar-refractivity contribution in [3.8, 4) is 11.8 Å². The molecule has 2 aromatic rings. The molecule has 1 N–H and O–H groups in total. The summed E-state index contributed by atoms with van der Waals surface area (Å²) < 4.78 is 6.43. The van der Waals surface area contributed by atoms with Crippen molar-refractivity contribution in [2.45, 2.75) is 0 Å². The van der Waals surface area contributed by atoms with Crippen LogP contribution in [0.4, 0.5) is 0 Å². The van der Waals surface area contributed by atoms with Crippen LogP contribution in [0, 0.1) is 14.9 Å². The average molecular weight is 405 g/mol. The molecule has 0 bridgehead atoms. The highest BCUT2D eigenvalue weighted by Crippen LogP contribution is 2.13. The minimum atomic E-state index is -0.344. The molecule has 0 heterocycles. The zero-order valence-corrected chi connectivity index (χ0v) is 13.6. The van der Waals surface area contributed by atoms with Crippen LogP contribution in [0.15, 0.2) is 53.6 Å². The fourth-order valence-electron chi connectivity index (χ4n) is 1.53. The summed E-state index contributed by atoms with van der Waals surface area (Å²) in [5, 5.41) is 12.5. The number of hydrogen-bond donors (Lipinski definition) is 1. The minimum Gasteiger partial charge on any atom is -0.484 e. The number of benzene rings is 2. The third-order valence-electron chi connectivity index (χ3n) is 2.63. The highest BCUT2D eigenvalue weighted by atomic mass is 127. The van der Waals surface area contributed by atoms with Gasteiger partial charge in [-0.3, -0.25) is 4.79 Å². The standard InChI is InChI=1S/C16H12IN3O2/c17-14-5-7-15(8-6-14)22-11-16(21)20-19-10-13-3-1-12(9-18)2-4-13/h1-8,10H,11H2,(H,20,21). The van der Waals surface area contributed by atoms with Gasteiger partial charge in [0.15, 0.2) is 6.61 Å². The van der Waals surface area contributed by atoms with Gasteiger partial charge in [0, 0.05) is 3.57 Å². The third kappa shape index (κ3) is 5.18. The van der Waals surface area contributed by atoms with Gasteiger partial charge in [-0.15, -0.1) is 0 Å². The van der Waals surface area contributed by atoms with Crippen LogP contribution in [0.1, 0.15) is 11.1 Å². The Balaban J connectivity index is 1.78. The van der Waals surface area contributed by atoms with Crippen LogP contribution >= 0.6 is 22.6 Å². The van der Waals surface area contributed by atoms with E-state index in [0.29, 0.717) is 11.3 Å². The molecule has 2 rings (SSSR count). The Bertz CT molecular complexity index is 704. The summed E-state index contributed by atoms with van der Waals surface area (Å²) in [6.07, 6.45) is 1.50. The highest BCUT2D eigenvalue weighted by molar-refractivity contribution is 14.1. The maximum atomic E-state index is 11.6. The van der Waals surface area contributed by atoms with Crippen LogP contribution in [0.5, 0.6) is 5.75 Å². The van der Waals surface area contributed by atoms with Crippen LogP contribution in [-0.2, 0) is 4.79 Å². The average Bonchev–Trinajstić information content (AvgIpc) is 2.55. The lowest BCUT2D eigenvalue weighted by molar-refractivity contribution is -0.123. The number of hydrogen-bond acceptors (Lipinski definition) is 4. The first-order valence-corrected chi connectivity index (χ1v) is 7.46. The SMILES string of the molecule is N#Cc1ccc(C=NNC(=O)COc2ccc(I)cc2)cc1. The quantitative estimate of drug-likeness (QED) is 0.472. The summed E-state index contributed by atoms with van der Waals surface area (Å²) in [7, 11) is 0. The molecule has 0 atom stereocenters. The Morgan fingerprint density at radius 3 is 2.55 bits per heavy atom. The van der Waals surface area contributed by atoms with Crippen molar-refractivity contribution < 1.29 is 9.53 Å². The van der Waals surface area contributed by atoms with E-state index in [1.54, 1.807) is 36.4 Å². The number of halogens is 1. The Labute approximate surface area is 141 Å². The fraction of sp³-hybridized carbons (Fsp3) is 0.0625. The van der Waals surface area contributed by atoms with E-state index in [4.69, 9.17) is 10.00 Å². The first-order chi connectivity index (χ1) is 10.7. The Kier molecular flexibility index (Phi) is 5.91. The van der Waals surface area contributed by atoms with Crippen molar-refractivity contribution in [2.24, 2.45) is 5.10 Å². The second-order valence-electron chi connectivity index (χ2n) is 4.27. The molecule has 0 aliphatic rings. The number of nitriles is 1. The second-order valence-corrected chi connectivity index (χ2v) is 5.52. The maximum Gasteiger partial charge on any atom is 0.277 e. The first-order valence-electron chi connectivity index (χ1n) is 6.38. The Hall–Kier alpha value is -2.40. The van der Waals surface area contributed by atoms with Gasteiger partial charge in [-0.1, -0.05) is 12.1 Å². The lowest BCUT2D eigenvalue weighted by Crippen LogP contribution is -2.24. The van der Waals surface area contributed by atoms with Gasteiger partial charge in [-0.05, 0) is 64.6 Å². The van der Waals surface area contributed by atoms with Crippen molar-refractivity contribution >= 4 is 34.7 Å². The summed E-state index contributed by atoms with van der Waals surface area (Å²) in [4.78, 5) is 11.6. The topological polar surface area (TPSA) is 74.5 Å². The highest BCUT2D eigenvalue weighted by Gasteiger charge is 2.01. The van der Waals surface area contributed by atoms with Crippen LogP contribution in [0.2, 0.25) is 0 Å². The lowest BCUT2D eigenvalue weighted by Gasteiger charge is -2.04. The number of nitrogens with zero attached hydrogens (tertiary/aromatic N) is 2. The number of ether oxygens (including phenoxy) is 1. The lowest BCUT2D eigenvalue weighted by atomic mass is 10.2. The molecular formula is C16H12IN3O2. The summed E-state index contributed by atoms with van der Waals surface area (Å²) >= 11 is 2.19. The number of amides is 1. The molecule has 0 aromatic heterocycles. The molecule has 0 aliphatic heterocycles. The van der Waals surface area contributed by atoms with Gasteiger partial charge in [-0.2, -0.15) is 10.4 Å². The van der Waals surface area contributed by atoms with Gasteiger partial charge in [0.1, 0.15) is 5.75 Å². The fourth-order valence-corrected chi connectivity index (χ4v) is 1.89. The van der Waals surface area contributed by atoms with E-state index in [9.17, 15) is 4.79 Å². The molecule has 0 saturated carbocycles. The van der Waals surface area contributed by atoms with Crippen LogP contribution in [0.3, 0.4) is 0 Å². The van der Waals surface area contributed by atoms with Crippen molar-refractivity contribution in [3.05, 3.63) is 63.2 Å². The van der Waals surface area contributed by atoms with Crippen molar-refractivity contribution in [3.63, 3.8) is 0 Å². The van der Waals surface area contributed by atoms with E-state index in [1.165, 1.54) is 6.21 Å². The smallest absolute Gasteiger partial charge is 0.277 e. The molecule has 0 saturated heterocycles. The molecule has 0 radical (unpaired) electrons. The number of rotatable bonds is 5. The van der Waals surface area contributed by atoms with Crippen LogP contribution in [-0.4, -0.2) is 18.7 Å². The summed E-state index contributed by atoms with van der Waals surface area (Å²) in [6.45, 7) is -0.106. The predicted octanol–water partition coefficient (Wildman–Crippen LogP) is 2.69. The predicted molar refractivity (Wildman–Crippen MR) is 91.5 cm³/mol. The molecule has 110 valence electrons. The molecule has 6 heteroatoms. The zero-order valence-electron chi connectivity index (χ0n) is 11.5. The van der Waals surface area contributed by atoms with Crippen LogP contribution in [0.25, 0.3) is 0 Å². The molecule has 22 heavy (non-hydrogen) atoms. The summed E-state index contributed by atoms with van der Waals surface area (Å²) in [6, 6.07) is 16.3. The Morgan fingerprint density at radius 2 is 1.91 bits per heavy atom. The van der Waals surface area contributed by atoms with E-state index in [-0.39, 0.29) is 12.5 Å².